The maximum Gasteiger partial charge on any atom is 0.238 e. The van der Waals surface area contributed by atoms with Crippen molar-refractivity contribution >= 4 is 23.6 Å². The Hall–Kier alpha value is -0.750. The predicted molar refractivity (Wildman–Crippen MR) is 70.1 cm³/mol. The molecule has 0 aromatic rings. The van der Waals surface area contributed by atoms with Crippen LogP contribution in [0.1, 0.15) is 19.8 Å². The predicted octanol–water partition coefficient (Wildman–Crippen LogP) is -0.226. The number of rotatable bonds is 3. The highest BCUT2D eigenvalue weighted by atomic mass is 32.2. The summed E-state index contributed by atoms with van der Waals surface area (Å²) < 4.78 is 0. The van der Waals surface area contributed by atoms with Gasteiger partial charge >= 0.3 is 0 Å². The summed E-state index contributed by atoms with van der Waals surface area (Å²) in [6.07, 6.45) is 1.59. The Balaban J connectivity index is 1.52. The molecule has 0 aromatic heterocycles. The van der Waals surface area contributed by atoms with Crippen molar-refractivity contribution in [3.63, 3.8) is 0 Å². The van der Waals surface area contributed by atoms with E-state index in [0.717, 1.165) is 18.1 Å². The average Bonchev–Trinajstić information content (AvgIpc) is 2.80. The standard InChI is InChI=1S/C12H19N3O2S/c1-7-2-10(7)15-4-8(3-11(15)16)14-12(17)9-5-18-6-13-9/h7-10,13H,2-6H2,1H3,(H,14,17)/t7?,8?,9-,10?/m1/s1. The molecule has 2 saturated heterocycles. The van der Waals surface area contributed by atoms with Crippen LogP contribution in [0, 0.1) is 5.92 Å². The van der Waals surface area contributed by atoms with Crippen LogP contribution >= 0.6 is 11.8 Å². The van der Waals surface area contributed by atoms with E-state index in [1.165, 1.54) is 0 Å². The van der Waals surface area contributed by atoms with Crippen molar-refractivity contribution in [2.24, 2.45) is 5.92 Å². The molecule has 3 aliphatic rings. The molecule has 3 unspecified atom stereocenters. The number of thioether (sulfide) groups is 1. The molecule has 3 rings (SSSR count). The lowest BCUT2D eigenvalue weighted by molar-refractivity contribution is -0.128. The Morgan fingerprint density at radius 2 is 2.33 bits per heavy atom. The van der Waals surface area contributed by atoms with Crippen LogP contribution in [0.3, 0.4) is 0 Å². The third kappa shape index (κ3) is 2.36. The van der Waals surface area contributed by atoms with Crippen LogP contribution in [0.25, 0.3) is 0 Å². The van der Waals surface area contributed by atoms with Gasteiger partial charge in [0.05, 0.1) is 12.1 Å². The molecular weight excluding hydrogens is 250 g/mol. The van der Waals surface area contributed by atoms with Gasteiger partial charge in [0.1, 0.15) is 0 Å². The van der Waals surface area contributed by atoms with Crippen molar-refractivity contribution in [1.29, 1.82) is 0 Å². The fraction of sp³-hybridized carbons (Fsp3) is 0.833. The molecule has 0 spiro atoms. The highest BCUT2D eigenvalue weighted by molar-refractivity contribution is 7.99. The minimum Gasteiger partial charge on any atom is -0.350 e. The lowest BCUT2D eigenvalue weighted by Crippen LogP contribution is -2.47. The number of nitrogens with one attached hydrogen (secondary N) is 2. The van der Waals surface area contributed by atoms with Gasteiger partial charge < -0.3 is 10.2 Å². The summed E-state index contributed by atoms with van der Waals surface area (Å²) in [7, 11) is 0. The van der Waals surface area contributed by atoms with Gasteiger partial charge in [-0.1, -0.05) is 6.92 Å². The van der Waals surface area contributed by atoms with E-state index in [1.807, 2.05) is 4.90 Å². The number of carbonyl (C=O) groups is 2. The van der Waals surface area contributed by atoms with E-state index in [1.54, 1.807) is 11.8 Å². The first-order valence-electron chi connectivity index (χ1n) is 6.56. The van der Waals surface area contributed by atoms with Crippen LogP contribution in [-0.2, 0) is 9.59 Å². The van der Waals surface area contributed by atoms with E-state index < -0.39 is 0 Å². The monoisotopic (exact) mass is 269 g/mol. The molecule has 0 radical (unpaired) electrons. The topological polar surface area (TPSA) is 61.4 Å². The van der Waals surface area contributed by atoms with Crippen molar-refractivity contribution in [2.75, 3.05) is 18.2 Å². The van der Waals surface area contributed by atoms with Crippen molar-refractivity contribution in [2.45, 2.75) is 37.9 Å². The zero-order valence-corrected chi connectivity index (χ0v) is 11.3. The van der Waals surface area contributed by atoms with Gasteiger partial charge in [0.25, 0.3) is 0 Å². The van der Waals surface area contributed by atoms with Crippen LogP contribution in [0.15, 0.2) is 0 Å². The number of likely N-dealkylation sites (tertiary alicyclic amines) is 1. The summed E-state index contributed by atoms with van der Waals surface area (Å²) in [5, 5.41) is 6.15. The largest absolute Gasteiger partial charge is 0.350 e. The smallest absolute Gasteiger partial charge is 0.238 e. The number of hydrogen-bond acceptors (Lipinski definition) is 4. The van der Waals surface area contributed by atoms with Crippen LogP contribution < -0.4 is 10.6 Å². The maximum atomic E-state index is 11.9. The molecule has 2 heterocycles. The molecule has 0 aromatic carbocycles. The van der Waals surface area contributed by atoms with Gasteiger partial charge in [-0.05, 0) is 12.3 Å². The fourth-order valence-corrected chi connectivity index (χ4v) is 3.69. The highest BCUT2D eigenvalue weighted by Gasteiger charge is 2.45. The zero-order valence-electron chi connectivity index (χ0n) is 10.5. The molecule has 4 atom stereocenters. The summed E-state index contributed by atoms with van der Waals surface area (Å²) >= 11 is 1.74. The van der Waals surface area contributed by atoms with Crippen LogP contribution in [0.5, 0.6) is 0 Å². The van der Waals surface area contributed by atoms with Crippen molar-refractivity contribution in [3.8, 4) is 0 Å². The first kappa shape index (κ1) is 12.3. The molecule has 1 aliphatic carbocycles. The van der Waals surface area contributed by atoms with Crippen LogP contribution in [0.2, 0.25) is 0 Å². The summed E-state index contributed by atoms with van der Waals surface area (Å²) in [5.41, 5.74) is 0. The fourth-order valence-electron chi connectivity index (χ4n) is 2.75. The SMILES string of the molecule is CC1CC1N1CC(NC(=O)[C@H]2CSCN2)CC1=O. The van der Waals surface area contributed by atoms with Gasteiger partial charge in [0.2, 0.25) is 11.8 Å². The minimum absolute atomic E-state index is 0.00481. The van der Waals surface area contributed by atoms with E-state index in [0.29, 0.717) is 24.9 Å². The Morgan fingerprint density at radius 1 is 1.56 bits per heavy atom. The van der Waals surface area contributed by atoms with Crippen molar-refractivity contribution in [3.05, 3.63) is 0 Å². The van der Waals surface area contributed by atoms with E-state index in [2.05, 4.69) is 17.6 Å². The second kappa shape index (κ2) is 4.74. The molecule has 100 valence electrons. The van der Waals surface area contributed by atoms with Gasteiger partial charge in [-0.25, -0.2) is 0 Å². The maximum absolute atomic E-state index is 11.9. The Labute approximate surface area is 111 Å². The quantitative estimate of drug-likeness (QED) is 0.743. The van der Waals surface area contributed by atoms with Crippen molar-refractivity contribution < 1.29 is 9.59 Å². The van der Waals surface area contributed by atoms with E-state index in [9.17, 15) is 9.59 Å². The number of amides is 2. The molecule has 5 nitrogen and oxygen atoms in total. The molecule has 1 saturated carbocycles. The Kier molecular flexibility index (Phi) is 3.23. The van der Waals surface area contributed by atoms with E-state index >= 15 is 0 Å². The first-order valence-corrected chi connectivity index (χ1v) is 7.71. The molecule has 18 heavy (non-hydrogen) atoms. The van der Waals surface area contributed by atoms with Crippen LogP contribution in [-0.4, -0.2) is 53.0 Å². The third-order valence-corrected chi connectivity index (χ3v) is 4.94. The second-order valence-electron chi connectivity index (χ2n) is 5.51. The number of nitrogens with zero attached hydrogens (tertiary/aromatic N) is 1. The first-order chi connectivity index (χ1) is 8.65. The summed E-state index contributed by atoms with van der Waals surface area (Å²) in [6.45, 7) is 2.86. The van der Waals surface area contributed by atoms with Crippen molar-refractivity contribution in [1.82, 2.24) is 15.5 Å². The lowest BCUT2D eigenvalue weighted by Gasteiger charge is -2.18. The average molecular weight is 269 g/mol. The Bertz CT molecular complexity index is 370. The molecule has 0 bridgehead atoms. The lowest BCUT2D eigenvalue weighted by atomic mass is 10.2. The van der Waals surface area contributed by atoms with Gasteiger partial charge in [-0.15, -0.1) is 11.8 Å². The van der Waals surface area contributed by atoms with E-state index in [4.69, 9.17) is 0 Å². The molecular formula is C12H19N3O2S. The van der Waals surface area contributed by atoms with E-state index in [-0.39, 0.29) is 23.9 Å². The third-order valence-electron chi connectivity index (χ3n) is 4.00. The van der Waals surface area contributed by atoms with Gasteiger partial charge in [0.15, 0.2) is 0 Å². The number of hydrogen-bond donors (Lipinski definition) is 2. The molecule has 2 amide bonds. The summed E-state index contributed by atoms with van der Waals surface area (Å²) in [4.78, 5) is 25.8. The van der Waals surface area contributed by atoms with Crippen LogP contribution in [0.4, 0.5) is 0 Å². The second-order valence-corrected chi connectivity index (χ2v) is 6.54. The normalized spacial score (nSPS) is 39.2. The molecule has 2 N–H and O–H groups in total. The molecule has 3 fully saturated rings. The zero-order chi connectivity index (χ0) is 12.7. The van der Waals surface area contributed by atoms with Gasteiger partial charge in [-0.3, -0.25) is 14.9 Å². The molecule has 2 aliphatic heterocycles. The highest BCUT2D eigenvalue weighted by Crippen LogP contribution is 2.37. The summed E-state index contributed by atoms with van der Waals surface area (Å²) in [5.74, 6) is 2.55. The number of carbonyl (C=O) groups excluding carboxylic acids is 2. The summed E-state index contributed by atoms with van der Waals surface area (Å²) in [6, 6.07) is 0.351. The minimum atomic E-state index is -0.0843. The Morgan fingerprint density at radius 3 is 2.94 bits per heavy atom. The van der Waals surface area contributed by atoms with Gasteiger partial charge in [-0.2, -0.15) is 0 Å². The molecule has 6 heteroatoms. The van der Waals surface area contributed by atoms with Gasteiger partial charge in [0, 0.05) is 30.6 Å².